The number of nitrogens with zero attached hydrogens (tertiary/aromatic N) is 3. The smallest absolute Gasteiger partial charge is 0.160 e. The lowest BCUT2D eigenvalue weighted by molar-refractivity contribution is 0.671. The Bertz CT molecular complexity index is 2710. The van der Waals surface area contributed by atoms with Crippen LogP contribution in [0, 0.1) is 0 Å². The van der Waals surface area contributed by atoms with Gasteiger partial charge in [-0.25, -0.2) is 9.97 Å². The number of para-hydroxylation sites is 2. The molecule has 0 saturated carbocycles. The number of hydrogen-bond donors (Lipinski definition) is 0. The molecule has 1 aliphatic heterocycles. The van der Waals surface area contributed by atoms with Gasteiger partial charge in [0.1, 0.15) is 13.7 Å². The molecule has 6 aromatic carbocycles. The summed E-state index contributed by atoms with van der Waals surface area (Å²) >= 11 is 0. The maximum absolute atomic E-state index is 6.63. The summed E-state index contributed by atoms with van der Waals surface area (Å²) in [6.07, 6.45) is 0. The zero-order valence-corrected chi connectivity index (χ0v) is 27.0. The Kier molecular flexibility index (Phi) is 5.41. The first-order valence-electron chi connectivity index (χ1n) is 16.1. The van der Waals surface area contributed by atoms with Crippen molar-refractivity contribution in [3.05, 3.63) is 140 Å². The highest BCUT2D eigenvalue weighted by Gasteiger charge is 2.42. The second-order valence-electron chi connectivity index (χ2n) is 13.0. The van der Waals surface area contributed by atoms with Gasteiger partial charge in [-0.2, -0.15) is 0 Å². The number of fused-ring (bicyclic) bond motifs is 10. The fraction of sp³-hybridized carbons (Fsp3) is 0.0476. The van der Waals surface area contributed by atoms with Gasteiger partial charge in [0.05, 0.1) is 22.4 Å². The average molecular weight is 620 g/mol. The van der Waals surface area contributed by atoms with Crippen LogP contribution < -0.4 is 10.4 Å². The number of benzene rings is 6. The van der Waals surface area contributed by atoms with Gasteiger partial charge in [-0.3, -0.25) is 0 Å². The second kappa shape index (κ2) is 9.61. The van der Waals surface area contributed by atoms with Gasteiger partial charge in [0.25, 0.3) is 0 Å². The van der Waals surface area contributed by atoms with Crippen LogP contribution in [0.25, 0.3) is 83.3 Å². The van der Waals surface area contributed by atoms with Crippen molar-refractivity contribution in [2.45, 2.75) is 13.1 Å². The molecule has 0 N–H and O–H groups in total. The van der Waals surface area contributed by atoms with E-state index >= 15 is 0 Å². The zero-order valence-electron chi connectivity index (χ0n) is 26.0. The van der Waals surface area contributed by atoms with Gasteiger partial charge in [0.2, 0.25) is 0 Å². The minimum absolute atomic E-state index is 0.764. The Hall–Kier alpha value is -5.78. The first kappa shape index (κ1) is 26.4. The fourth-order valence-electron chi connectivity index (χ4n) is 7.80. The minimum atomic E-state index is -2.25. The molecule has 47 heavy (non-hydrogen) atoms. The summed E-state index contributed by atoms with van der Waals surface area (Å²) in [5.41, 5.74) is 10.7. The van der Waals surface area contributed by atoms with Crippen LogP contribution in [0.5, 0.6) is 0 Å². The summed E-state index contributed by atoms with van der Waals surface area (Å²) in [4.78, 5) is 10.6. The summed E-state index contributed by atoms with van der Waals surface area (Å²) in [5.74, 6) is 0.764. The topological polar surface area (TPSA) is 43.9 Å². The molecule has 0 saturated heterocycles. The first-order valence-corrected chi connectivity index (χ1v) is 19.1. The molecule has 0 atom stereocenters. The largest absolute Gasteiger partial charge is 0.454 e. The molecule has 4 heterocycles. The molecule has 0 radical (unpaired) electrons. The van der Waals surface area contributed by atoms with Crippen LogP contribution in [0.2, 0.25) is 13.1 Å². The van der Waals surface area contributed by atoms with Crippen molar-refractivity contribution in [1.82, 2.24) is 14.5 Å². The standard InChI is InChI=1S/C42H29N3OSi/c1-47(2)36-25-28(45-34-19-11-9-17-29(34)31-23-24-32-30-18-10-12-20-35(30)46-40(32)39(31)45)21-22-33(36)38-41(47)37(26-13-5-3-6-14-26)43-42(44-38)27-15-7-4-8-16-27/h3-25H,1-2H3. The van der Waals surface area contributed by atoms with Crippen LogP contribution in [-0.2, 0) is 0 Å². The Morgan fingerprint density at radius 1 is 0.574 bits per heavy atom. The monoisotopic (exact) mass is 619 g/mol. The molecule has 0 unspecified atom stereocenters. The maximum atomic E-state index is 6.63. The molecule has 9 aromatic rings. The van der Waals surface area contributed by atoms with Crippen molar-refractivity contribution in [1.29, 1.82) is 0 Å². The Morgan fingerprint density at radius 2 is 1.23 bits per heavy atom. The average Bonchev–Trinajstić information content (AvgIpc) is 3.74. The molecule has 5 heteroatoms. The molecular weight excluding hydrogens is 591 g/mol. The van der Waals surface area contributed by atoms with Gasteiger partial charge in [-0.05, 0) is 46.3 Å². The van der Waals surface area contributed by atoms with Crippen LogP contribution in [0.4, 0.5) is 0 Å². The lowest BCUT2D eigenvalue weighted by atomic mass is 10.1. The first-order chi connectivity index (χ1) is 23.1. The maximum Gasteiger partial charge on any atom is 0.160 e. The summed E-state index contributed by atoms with van der Waals surface area (Å²) in [6, 6.07) is 49.4. The molecule has 0 aliphatic carbocycles. The molecular formula is C42H29N3OSi. The summed E-state index contributed by atoms with van der Waals surface area (Å²) < 4.78 is 9.04. The Labute approximate surface area is 272 Å². The summed E-state index contributed by atoms with van der Waals surface area (Å²) in [7, 11) is -2.25. The second-order valence-corrected chi connectivity index (χ2v) is 17.3. The van der Waals surface area contributed by atoms with Crippen LogP contribution in [0.15, 0.2) is 144 Å². The van der Waals surface area contributed by atoms with Crippen LogP contribution in [0.1, 0.15) is 0 Å². The third-order valence-corrected chi connectivity index (χ3v) is 13.5. The SMILES string of the molecule is C[Si]1(C)c2cc(-n3c4ccccc4c4ccc5c6ccccc6oc5c43)ccc2-c2nc(-c3ccccc3)nc(-c3ccccc3)c21. The van der Waals surface area contributed by atoms with E-state index in [9.17, 15) is 0 Å². The molecule has 3 aromatic heterocycles. The minimum Gasteiger partial charge on any atom is -0.454 e. The third kappa shape index (κ3) is 3.69. The molecule has 0 spiro atoms. The lowest BCUT2D eigenvalue weighted by Gasteiger charge is -2.22. The van der Waals surface area contributed by atoms with E-state index in [1.165, 1.54) is 32.2 Å². The van der Waals surface area contributed by atoms with Crippen molar-refractivity contribution in [2.75, 3.05) is 0 Å². The highest BCUT2D eigenvalue weighted by atomic mass is 28.3. The number of furan rings is 1. The van der Waals surface area contributed by atoms with E-state index in [-0.39, 0.29) is 0 Å². The van der Waals surface area contributed by atoms with Crippen LogP contribution >= 0.6 is 0 Å². The highest BCUT2D eigenvalue weighted by molar-refractivity contribution is 7.04. The summed E-state index contributed by atoms with van der Waals surface area (Å²) in [6.45, 7) is 4.89. The van der Waals surface area contributed by atoms with Gasteiger partial charge in [-0.15, -0.1) is 0 Å². The van der Waals surface area contributed by atoms with Crippen molar-refractivity contribution in [3.63, 3.8) is 0 Å². The van der Waals surface area contributed by atoms with Gasteiger partial charge in [0.15, 0.2) is 11.4 Å². The molecule has 0 fully saturated rings. The van der Waals surface area contributed by atoms with Gasteiger partial charge in [0, 0.05) is 38.4 Å². The zero-order chi connectivity index (χ0) is 31.3. The predicted molar refractivity (Wildman–Crippen MR) is 197 cm³/mol. The third-order valence-electron chi connectivity index (χ3n) is 9.98. The van der Waals surface area contributed by atoms with E-state index in [1.54, 1.807) is 0 Å². The van der Waals surface area contributed by atoms with Crippen LogP contribution in [0.3, 0.4) is 0 Å². The molecule has 10 rings (SSSR count). The van der Waals surface area contributed by atoms with Crippen molar-refractivity contribution in [3.8, 4) is 39.6 Å². The fourth-order valence-corrected chi connectivity index (χ4v) is 11.0. The lowest BCUT2D eigenvalue weighted by Crippen LogP contribution is -2.50. The predicted octanol–water partition coefficient (Wildman–Crippen LogP) is 9.61. The molecule has 222 valence electrons. The Balaban J connectivity index is 1.26. The molecule has 0 bridgehead atoms. The number of rotatable bonds is 3. The number of hydrogen-bond acceptors (Lipinski definition) is 3. The van der Waals surface area contributed by atoms with E-state index in [0.717, 1.165) is 61.5 Å². The van der Waals surface area contributed by atoms with Crippen LogP contribution in [-0.4, -0.2) is 22.6 Å². The molecule has 1 aliphatic rings. The normalized spacial score (nSPS) is 13.5. The molecule has 4 nitrogen and oxygen atoms in total. The van der Waals surface area contributed by atoms with Gasteiger partial charge in [-0.1, -0.05) is 122 Å². The van der Waals surface area contributed by atoms with Crippen molar-refractivity contribution < 1.29 is 4.42 Å². The van der Waals surface area contributed by atoms with Crippen molar-refractivity contribution >= 4 is 62.2 Å². The van der Waals surface area contributed by atoms with E-state index < -0.39 is 8.07 Å². The van der Waals surface area contributed by atoms with E-state index in [4.69, 9.17) is 14.4 Å². The van der Waals surface area contributed by atoms with E-state index in [1.807, 2.05) is 12.1 Å². The van der Waals surface area contributed by atoms with E-state index in [0.29, 0.717) is 0 Å². The van der Waals surface area contributed by atoms with Gasteiger partial charge < -0.3 is 8.98 Å². The Morgan fingerprint density at radius 3 is 2.04 bits per heavy atom. The highest BCUT2D eigenvalue weighted by Crippen LogP contribution is 2.41. The van der Waals surface area contributed by atoms with Crippen molar-refractivity contribution in [2.24, 2.45) is 0 Å². The number of aromatic nitrogens is 3. The van der Waals surface area contributed by atoms with E-state index in [2.05, 4.69) is 145 Å². The summed E-state index contributed by atoms with van der Waals surface area (Å²) in [5, 5.41) is 7.37. The quantitative estimate of drug-likeness (QED) is 0.185. The van der Waals surface area contributed by atoms with Gasteiger partial charge >= 0.3 is 0 Å². The molecule has 0 amide bonds.